The Morgan fingerprint density at radius 2 is 1.94 bits per heavy atom. The van der Waals surface area contributed by atoms with Crippen LogP contribution in [-0.4, -0.2) is 17.5 Å². The summed E-state index contributed by atoms with van der Waals surface area (Å²) in [6.45, 7) is 0. The molecule has 2 N–H and O–H groups in total. The van der Waals surface area contributed by atoms with Crippen molar-refractivity contribution >= 4 is 27.9 Å². The summed E-state index contributed by atoms with van der Waals surface area (Å²) in [5, 5.41) is 5.12. The lowest BCUT2D eigenvalue weighted by Gasteiger charge is -2.19. The lowest BCUT2D eigenvalue weighted by molar-refractivity contribution is -0.123. The van der Waals surface area contributed by atoms with Crippen molar-refractivity contribution in [2.24, 2.45) is 0 Å². The monoisotopic (exact) mass is 308 g/mol. The fourth-order valence-electron chi connectivity index (χ4n) is 2.91. The Morgan fingerprint density at radius 1 is 1.22 bits per heavy atom. The number of halogens is 1. The molecule has 1 aromatic carbocycles. The van der Waals surface area contributed by atoms with Crippen molar-refractivity contribution in [1.29, 1.82) is 0 Å². The quantitative estimate of drug-likeness (QED) is 0.782. The van der Waals surface area contributed by atoms with Gasteiger partial charge in [-0.05, 0) is 42.9 Å². The van der Waals surface area contributed by atoms with Crippen LogP contribution in [0.5, 0.6) is 0 Å². The number of rotatable bonds is 1. The van der Waals surface area contributed by atoms with Crippen LogP contribution < -0.4 is 10.6 Å². The number of amides is 3. The summed E-state index contributed by atoms with van der Waals surface area (Å²) in [6.07, 6.45) is 2.33. The van der Waals surface area contributed by atoms with Crippen LogP contribution in [0.15, 0.2) is 28.7 Å². The predicted molar refractivity (Wildman–Crippen MR) is 70.1 cm³/mol. The van der Waals surface area contributed by atoms with Crippen LogP contribution in [0.3, 0.4) is 0 Å². The third-order valence-electron chi connectivity index (χ3n) is 3.87. The predicted octanol–water partition coefficient (Wildman–Crippen LogP) is 2.29. The molecular formula is C13H13BrN2O2. The van der Waals surface area contributed by atoms with E-state index in [4.69, 9.17) is 0 Å². The van der Waals surface area contributed by atoms with Gasteiger partial charge in [0.25, 0.3) is 5.91 Å². The molecular weight excluding hydrogens is 296 g/mol. The van der Waals surface area contributed by atoms with Crippen LogP contribution in [0.4, 0.5) is 4.79 Å². The van der Waals surface area contributed by atoms with E-state index in [9.17, 15) is 9.59 Å². The molecule has 1 saturated carbocycles. The number of carbonyl (C=O) groups excluding carboxylic acids is 2. The topological polar surface area (TPSA) is 58.2 Å². The molecule has 1 heterocycles. The van der Waals surface area contributed by atoms with Crippen molar-refractivity contribution in [1.82, 2.24) is 10.6 Å². The number of urea groups is 1. The maximum Gasteiger partial charge on any atom is 0.322 e. The largest absolute Gasteiger partial charge is 0.323 e. The molecule has 2 aliphatic rings. The molecule has 1 aliphatic carbocycles. The van der Waals surface area contributed by atoms with Gasteiger partial charge in [0.15, 0.2) is 0 Å². The second-order valence-corrected chi connectivity index (χ2v) is 5.90. The van der Waals surface area contributed by atoms with Crippen LogP contribution >= 0.6 is 15.9 Å². The van der Waals surface area contributed by atoms with Gasteiger partial charge in [-0.1, -0.05) is 28.1 Å². The van der Waals surface area contributed by atoms with Gasteiger partial charge in [0.1, 0.15) is 5.54 Å². The molecule has 0 aromatic heterocycles. The molecule has 1 spiro atoms. The van der Waals surface area contributed by atoms with E-state index in [1.54, 1.807) is 0 Å². The fraction of sp³-hybridized carbons (Fsp3) is 0.385. The van der Waals surface area contributed by atoms with Gasteiger partial charge >= 0.3 is 6.03 Å². The third-order valence-corrected chi connectivity index (χ3v) is 4.40. The minimum Gasteiger partial charge on any atom is -0.323 e. The normalized spacial score (nSPS) is 30.6. The van der Waals surface area contributed by atoms with Gasteiger partial charge in [-0.25, -0.2) is 4.79 Å². The maximum absolute atomic E-state index is 11.8. The summed E-state index contributed by atoms with van der Waals surface area (Å²) in [4.78, 5) is 23.1. The van der Waals surface area contributed by atoms with Crippen LogP contribution in [0.1, 0.15) is 30.7 Å². The smallest absolute Gasteiger partial charge is 0.322 e. The first-order valence-electron chi connectivity index (χ1n) is 5.98. The Kier molecular flexibility index (Phi) is 2.66. The van der Waals surface area contributed by atoms with Gasteiger partial charge in [0.05, 0.1) is 0 Å². The zero-order valence-electron chi connectivity index (χ0n) is 9.70. The molecule has 5 heteroatoms. The summed E-state index contributed by atoms with van der Waals surface area (Å²) < 4.78 is 1.05. The van der Waals surface area contributed by atoms with Gasteiger partial charge in [-0.2, -0.15) is 0 Å². The van der Waals surface area contributed by atoms with Crippen LogP contribution in [0.25, 0.3) is 0 Å². The van der Waals surface area contributed by atoms with E-state index in [1.165, 1.54) is 5.56 Å². The number of hydrogen-bond donors (Lipinski definition) is 2. The van der Waals surface area contributed by atoms with Crippen LogP contribution in [0, 0.1) is 0 Å². The molecule has 18 heavy (non-hydrogen) atoms. The Labute approximate surface area is 113 Å². The van der Waals surface area contributed by atoms with Gasteiger partial charge in [0, 0.05) is 4.47 Å². The zero-order valence-corrected chi connectivity index (χ0v) is 11.3. The SMILES string of the molecule is O=C1NC(=O)[C@@]2(CC[C@H](c3ccc(Br)cc3)C2)N1. The summed E-state index contributed by atoms with van der Waals surface area (Å²) in [6, 6.07) is 7.79. The van der Waals surface area contributed by atoms with E-state index < -0.39 is 5.54 Å². The Morgan fingerprint density at radius 3 is 2.56 bits per heavy atom. The lowest BCUT2D eigenvalue weighted by Crippen LogP contribution is -2.44. The summed E-state index contributed by atoms with van der Waals surface area (Å²) in [5.41, 5.74) is 0.554. The zero-order chi connectivity index (χ0) is 12.8. The highest BCUT2D eigenvalue weighted by atomic mass is 79.9. The maximum atomic E-state index is 11.8. The molecule has 1 aromatic rings. The van der Waals surface area contributed by atoms with Crippen molar-refractivity contribution in [2.45, 2.75) is 30.7 Å². The minimum atomic E-state index is -0.672. The highest BCUT2D eigenvalue weighted by molar-refractivity contribution is 9.10. The van der Waals surface area contributed by atoms with Gasteiger partial charge in [-0.15, -0.1) is 0 Å². The van der Waals surface area contributed by atoms with Crippen LogP contribution in [-0.2, 0) is 4.79 Å². The Balaban J connectivity index is 1.81. The molecule has 0 bridgehead atoms. The van der Waals surface area contributed by atoms with E-state index >= 15 is 0 Å². The number of imide groups is 1. The van der Waals surface area contributed by atoms with Crippen LogP contribution in [0.2, 0.25) is 0 Å². The molecule has 2 atom stereocenters. The first-order valence-corrected chi connectivity index (χ1v) is 6.77. The molecule has 1 aliphatic heterocycles. The second-order valence-electron chi connectivity index (χ2n) is 4.98. The second kappa shape index (κ2) is 4.09. The van der Waals surface area contributed by atoms with Gasteiger partial charge in [-0.3, -0.25) is 10.1 Å². The van der Waals surface area contributed by atoms with Gasteiger partial charge < -0.3 is 5.32 Å². The molecule has 2 fully saturated rings. The van der Waals surface area contributed by atoms with E-state index in [0.29, 0.717) is 18.8 Å². The average Bonchev–Trinajstić information content (AvgIpc) is 2.86. The van der Waals surface area contributed by atoms with E-state index in [2.05, 4.69) is 38.7 Å². The summed E-state index contributed by atoms with van der Waals surface area (Å²) >= 11 is 3.41. The molecule has 4 nitrogen and oxygen atoms in total. The average molecular weight is 309 g/mol. The summed E-state index contributed by atoms with van der Waals surface area (Å²) in [7, 11) is 0. The highest BCUT2D eigenvalue weighted by Gasteiger charge is 2.51. The first kappa shape index (κ1) is 11.7. The van der Waals surface area contributed by atoms with Crippen molar-refractivity contribution in [3.05, 3.63) is 34.3 Å². The van der Waals surface area contributed by atoms with Crippen molar-refractivity contribution in [3.63, 3.8) is 0 Å². The molecule has 0 unspecified atom stereocenters. The summed E-state index contributed by atoms with van der Waals surface area (Å²) in [5.74, 6) is 0.161. The van der Waals surface area contributed by atoms with Crippen molar-refractivity contribution < 1.29 is 9.59 Å². The number of hydrogen-bond acceptors (Lipinski definition) is 2. The minimum absolute atomic E-state index is 0.174. The molecule has 1 saturated heterocycles. The van der Waals surface area contributed by atoms with Gasteiger partial charge in [0.2, 0.25) is 0 Å². The van der Waals surface area contributed by atoms with E-state index in [1.807, 2.05) is 12.1 Å². The Bertz CT molecular complexity index is 514. The first-order chi connectivity index (χ1) is 8.59. The standard InChI is InChI=1S/C13H13BrN2O2/c14-10-3-1-8(2-4-10)9-5-6-13(7-9)11(17)15-12(18)16-13/h1-4,9H,5-7H2,(H2,15,16,17,18)/t9-,13-/m0/s1. The van der Waals surface area contributed by atoms with E-state index in [-0.39, 0.29) is 11.9 Å². The molecule has 3 amide bonds. The number of benzene rings is 1. The number of nitrogens with one attached hydrogen (secondary N) is 2. The van der Waals surface area contributed by atoms with E-state index in [0.717, 1.165) is 10.9 Å². The highest BCUT2D eigenvalue weighted by Crippen LogP contribution is 2.42. The lowest BCUT2D eigenvalue weighted by atomic mass is 9.92. The fourth-order valence-corrected chi connectivity index (χ4v) is 3.18. The third kappa shape index (κ3) is 1.82. The Hall–Kier alpha value is -1.36. The molecule has 94 valence electrons. The van der Waals surface area contributed by atoms with Crippen molar-refractivity contribution in [3.8, 4) is 0 Å². The number of carbonyl (C=O) groups is 2. The molecule has 3 rings (SSSR count). The van der Waals surface area contributed by atoms with Crippen molar-refractivity contribution in [2.75, 3.05) is 0 Å². The molecule has 0 radical (unpaired) electrons.